The van der Waals surface area contributed by atoms with E-state index in [4.69, 9.17) is 4.74 Å². The minimum absolute atomic E-state index is 0.0333. The molecule has 0 aliphatic rings. The maximum atomic E-state index is 11.9. The predicted molar refractivity (Wildman–Crippen MR) is 67.1 cm³/mol. The summed E-state index contributed by atoms with van der Waals surface area (Å²) < 4.78 is 4.87. The number of ether oxygens (including phenoxy) is 1. The third-order valence-corrected chi connectivity index (χ3v) is 2.34. The monoisotopic (exact) mass is 281 g/mol. The van der Waals surface area contributed by atoms with Crippen LogP contribution in [0.1, 0.15) is 32.6 Å². The lowest BCUT2D eigenvalue weighted by atomic mass is 10.0. The molecule has 0 saturated carbocycles. The summed E-state index contributed by atoms with van der Waals surface area (Å²) >= 11 is 0. The normalized spacial score (nSPS) is 12.1. The summed E-state index contributed by atoms with van der Waals surface area (Å²) in [6.45, 7) is 2.14. The lowest BCUT2D eigenvalue weighted by molar-refractivity contribution is -0.150. The van der Waals surface area contributed by atoms with E-state index in [0.717, 1.165) is 0 Å². The molecule has 0 aliphatic carbocycles. The Morgan fingerprint density at radius 1 is 1.10 bits per heavy atom. The van der Waals surface area contributed by atoms with Crippen LogP contribution in [0.25, 0.3) is 0 Å². The Kier molecular flexibility index (Phi) is 9.27. The topological polar surface area (TPSA) is 115 Å². The maximum absolute atomic E-state index is 11.9. The minimum Gasteiger partial charge on any atom is -0.462 e. The molecular weight excluding hydrogens is 266 g/mol. The van der Waals surface area contributed by atoms with Crippen molar-refractivity contribution in [2.24, 2.45) is 15.0 Å². The smallest absolute Gasteiger partial charge is 0.358 e. The van der Waals surface area contributed by atoms with E-state index < -0.39 is 11.6 Å². The third kappa shape index (κ3) is 5.98. The Balaban J connectivity index is 4.92. The van der Waals surface area contributed by atoms with Crippen LogP contribution in [0.3, 0.4) is 0 Å². The zero-order valence-electron chi connectivity index (χ0n) is 11.1. The van der Waals surface area contributed by atoms with Crippen LogP contribution in [-0.2, 0) is 23.9 Å². The van der Waals surface area contributed by atoms with Crippen molar-refractivity contribution in [2.75, 3.05) is 13.2 Å². The van der Waals surface area contributed by atoms with Gasteiger partial charge >= 0.3 is 5.97 Å². The molecule has 0 aliphatic heterocycles. The van der Waals surface area contributed by atoms with E-state index >= 15 is 0 Å². The first-order valence-corrected chi connectivity index (χ1v) is 6.05. The van der Waals surface area contributed by atoms with Gasteiger partial charge in [0.15, 0.2) is 0 Å². The zero-order valence-corrected chi connectivity index (χ0v) is 11.1. The van der Waals surface area contributed by atoms with Crippen molar-refractivity contribution in [1.82, 2.24) is 0 Å². The fourth-order valence-electron chi connectivity index (χ4n) is 1.40. The van der Waals surface area contributed by atoms with E-state index in [1.54, 1.807) is 6.92 Å². The van der Waals surface area contributed by atoms with Gasteiger partial charge in [0.1, 0.15) is 0 Å². The largest absolute Gasteiger partial charge is 0.462 e. The van der Waals surface area contributed by atoms with Crippen LogP contribution >= 0.6 is 0 Å². The quantitative estimate of drug-likeness (QED) is 0.254. The number of esters is 1. The molecule has 0 saturated heterocycles. The lowest BCUT2D eigenvalue weighted by Crippen LogP contribution is -2.36. The van der Waals surface area contributed by atoms with Gasteiger partial charge in [0, 0.05) is 6.42 Å². The van der Waals surface area contributed by atoms with Gasteiger partial charge in [-0.2, -0.15) is 9.98 Å². The number of hydrogen-bond acceptors (Lipinski definition) is 8. The van der Waals surface area contributed by atoms with Crippen LogP contribution < -0.4 is 0 Å². The number of unbranched alkanes of at least 4 members (excludes halogenated alkanes) is 1. The Morgan fingerprint density at radius 2 is 1.75 bits per heavy atom. The first-order chi connectivity index (χ1) is 9.66. The Bertz CT molecular complexity index is 440. The summed E-state index contributed by atoms with van der Waals surface area (Å²) in [5, 5.41) is 0. The number of carbonyl (C=O) groups excluding carboxylic acids is 4. The van der Waals surface area contributed by atoms with E-state index in [9.17, 15) is 19.2 Å². The highest BCUT2D eigenvalue weighted by Gasteiger charge is 2.40. The fraction of sp³-hybridized carbons (Fsp3) is 0.667. The summed E-state index contributed by atoms with van der Waals surface area (Å²) in [6.07, 6.45) is 5.15. The van der Waals surface area contributed by atoms with Gasteiger partial charge in [-0.3, -0.25) is 0 Å². The highest BCUT2D eigenvalue weighted by atomic mass is 16.5. The third-order valence-electron chi connectivity index (χ3n) is 2.34. The Labute approximate surface area is 115 Å². The second-order valence-corrected chi connectivity index (χ2v) is 3.79. The van der Waals surface area contributed by atoms with Crippen LogP contribution in [0.2, 0.25) is 0 Å². The number of aliphatic imine (C=N–C) groups is 3. The molecule has 0 atom stereocenters. The van der Waals surface area contributed by atoms with Crippen molar-refractivity contribution in [3.63, 3.8) is 0 Å². The van der Waals surface area contributed by atoms with E-state index in [1.165, 1.54) is 18.2 Å². The number of isocyanates is 3. The molecule has 0 heterocycles. The van der Waals surface area contributed by atoms with E-state index in [0.29, 0.717) is 19.3 Å². The van der Waals surface area contributed by atoms with Crippen molar-refractivity contribution in [3.8, 4) is 0 Å². The van der Waals surface area contributed by atoms with Gasteiger partial charge in [-0.15, -0.1) is 0 Å². The number of hydrogen-bond donors (Lipinski definition) is 0. The highest BCUT2D eigenvalue weighted by molar-refractivity contribution is 5.82. The molecule has 0 bridgehead atoms. The van der Waals surface area contributed by atoms with Gasteiger partial charge in [0.2, 0.25) is 18.2 Å². The Morgan fingerprint density at radius 3 is 2.25 bits per heavy atom. The molecular formula is C12H15N3O5. The molecule has 0 amide bonds. The number of carbonyl (C=O) groups is 1. The summed E-state index contributed by atoms with van der Waals surface area (Å²) in [5.41, 5.74) is -1.94. The molecule has 8 nitrogen and oxygen atoms in total. The fourth-order valence-corrected chi connectivity index (χ4v) is 1.40. The van der Waals surface area contributed by atoms with E-state index in [1.807, 2.05) is 0 Å². The molecule has 0 spiro atoms. The van der Waals surface area contributed by atoms with Gasteiger partial charge in [-0.05, 0) is 19.3 Å². The van der Waals surface area contributed by atoms with Crippen molar-refractivity contribution in [2.45, 2.75) is 38.3 Å². The van der Waals surface area contributed by atoms with Crippen LogP contribution in [0.4, 0.5) is 0 Å². The van der Waals surface area contributed by atoms with Crippen molar-refractivity contribution >= 4 is 24.2 Å². The Hall–Kier alpha value is -2.39. The highest BCUT2D eigenvalue weighted by Crippen LogP contribution is 2.22. The molecule has 0 fully saturated rings. The molecule has 0 N–H and O–H groups in total. The van der Waals surface area contributed by atoms with Crippen molar-refractivity contribution < 1.29 is 23.9 Å². The van der Waals surface area contributed by atoms with Gasteiger partial charge in [-0.25, -0.2) is 24.2 Å². The van der Waals surface area contributed by atoms with E-state index in [-0.39, 0.29) is 19.6 Å². The standard InChI is InChI=1S/C12H15N3O5/c1-2-7-20-11(19)12(14-9-17,15-10-18)5-3-4-6-13-8-16/h2-7H2,1H3. The second-order valence-electron chi connectivity index (χ2n) is 3.79. The second kappa shape index (κ2) is 10.5. The van der Waals surface area contributed by atoms with Crippen molar-refractivity contribution in [3.05, 3.63) is 0 Å². The van der Waals surface area contributed by atoms with Gasteiger partial charge in [-0.1, -0.05) is 6.92 Å². The molecule has 0 radical (unpaired) electrons. The molecule has 8 heteroatoms. The average Bonchev–Trinajstić information content (AvgIpc) is 2.44. The first-order valence-electron chi connectivity index (χ1n) is 6.05. The van der Waals surface area contributed by atoms with Gasteiger partial charge in [0.25, 0.3) is 5.66 Å². The SMILES string of the molecule is CCCOC(=O)C(CCCCN=C=O)(N=C=O)N=C=O. The first kappa shape index (κ1) is 17.6. The molecule has 0 aromatic carbocycles. The molecule has 20 heavy (non-hydrogen) atoms. The average molecular weight is 281 g/mol. The summed E-state index contributed by atoms with van der Waals surface area (Å²) in [5.74, 6) is -0.898. The molecule has 0 rings (SSSR count). The molecule has 0 aromatic rings. The minimum atomic E-state index is -1.94. The number of rotatable bonds is 10. The maximum Gasteiger partial charge on any atom is 0.358 e. The van der Waals surface area contributed by atoms with Gasteiger partial charge in [0.05, 0.1) is 13.2 Å². The summed E-state index contributed by atoms with van der Waals surface area (Å²) in [6, 6.07) is 0. The van der Waals surface area contributed by atoms with Gasteiger partial charge < -0.3 is 4.74 Å². The summed E-state index contributed by atoms with van der Waals surface area (Å²) in [4.78, 5) is 52.6. The molecule has 108 valence electrons. The van der Waals surface area contributed by atoms with E-state index in [2.05, 4.69) is 15.0 Å². The predicted octanol–water partition coefficient (Wildman–Crippen LogP) is 0.814. The zero-order chi connectivity index (χ0) is 15.3. The van der Waals surface area contributed by atoms with Crippen molar-refractivity contribution in [1.29, 1.82) is 0 Å². The summed E-state index contributed by atoms with van der Waals surface area (Å²) in [7, 11) is 0. The van der Waals surface area contributed by atoms with Crippen LogP contribution in [-0.4, -0.2) is 43.0 Å². The van der Waals surface area contributed by atoms with Crippen LogP contribution in [0.5, 0.6) is 0 Å². The van der Waals surface area contributed by atoms with Crippen LogP contribution in [0.15, 0.2) is 15.0 Å². The molecule has 0 unspecified atom stereocenters. The van der Waals surface area contributed by atoms with Crippen LogP contribution in [0, 0.1) is 0 Å². The molecule has 0 aromatic heterocycles. The lowest BCUT2D eigenvalue weighted by Gasteiger charge is -2.19. The number of nitrogens with zero attached hydrogens (tertiary/aromatic N) is 3.